The number of hydrogen-bond acceptors (Lipinski definition) is 2. The van der Waals surface area contributed by atoms with E-state index in [0.717, 1.165) is 22.4 Å². The van der Waals surface area contributed by atoms with Crippen LogP contribution in [0.2, 0.25) is 0 Å². The monoisotopic (exact) mass is 341 g/mol. The Labute approximate surface area is 126 Å². The standard InChI is InChI=1S/C14H17BrClN3/c1-18-6-2-3-11(18)9-19-13-5-4-10(15)7-12(13)17-14(19)8-16/h4-5,7,11H,2-3,6,8-9H2,1H3. The third kappa shape index (κ3) is 2.54. The highest BCUT2D eigenvalue weighted by atomic mass is 79.9. The lowest BCUT2D eigenvalue weighted by Crippen LogP contribution is -2.29. The van der Waals surface area contributed by atoms with E-state index in [1.165, 1.54) is 24.9 Å². The molecule has 5 heteroatoms. The second kappa shape index (κ2) is 5.43. The summed E-state index contributed by atoms with van der Waals surface area (Å²) in [5.41, 5.74) is 2.20. The Bertz CT molecular complexity index is 596. The maximum Gasteiger partial charge on any atom is 0.124 e. The molecule has 1 aliphatic heterocycles. The van der Waals surface area contributed by atoms with Crippen LogP contribution in [0.25, 0.3) is 11.0 Å². The average molecular weight is 343 g/mol. The summed E-state index contributed by atoms with van der Waals surface area (Å²) in [6.45, 7) is 2.18. The van der Waals surface area contributed by atoms with Gasteiger partial charge >= 0.3 is 0 Å². The maximum absolute atomic E-state index is 6.06. The third-order valence-corrected chi connectivity index (χ3v) is 4.71. The number of halogens is 2. The van der Waals surface area contributed by atoms with Crippen molar-refractivity contribution in [3.8, 4) is 0 Å². The van der Waals surface area contributed by atoms with E-state index in [1.807, 2.05) is 0 Å². The smallest absolute Gasteiger partial charge is 0.124 e. The minimum Gasteiger partial charge on any atom is -0.325 e. The largest absolute Gasteiger partial charge is 0.325 e. The zero-order chi connectivity index (χ0) is 13.4. The normalized spacial score (nSPS) is 20.5. The van der Waals surface area contributed by atoms with E-state index in [1.54, 1.807) is 0 Å². The number of hydrogen-bond donors (Lipinski definition) is 0. The summed E-state index contributed by atoms with van der Waals surface area (Å²) in [5, 5.41) is 0. The molecule has 1 aliphatic rings. The van der Waals surface area contributed by atoms with Gasteiger partial charge in [-0.25, -0.2) is 4.98 Å². The fraction of sp³-hybridized carbons (Fsp3) is 0.500. The van der Waals surface area contributed by atoms with Crippen molar-refractivity contribution in [2.75, 3.05) is 13.6 Å². The van der Waals surface area contributed by atoms with Crippen molar-refractivity contribution in [1.29, 1.82) is 0 Å². The predicted molar refractivity (Wildman–Crippen MR) is 82.6 cm³/mol. The predicted octanol–water partition coefficient (Wildman–Crippen LogP) is 3.63. The topological polar surface area (TPSA) is 21.1 Å². The number of nitrogens with zero attached hydrogens (tertiary/aromatic N) is 3. The van der Waals surface area contributed by atoms with Gasteiger partial charge < -0.3 is 9.47 Å². The van der Waals surface area contributed by atoms with Crippen LogP contribution >= 0.6 is 27.5 Å². The van der Waals surface area contributed by atoms with Gasteiger partial charge in [-0.05, 0) is 44.6 Å². The number of alkyl halides is 1. The highest BCUT2D eigenvalue weighted by Gasteiger charge is 2.23. The summed E-state index contributed by atoms with van der Waals surface area (Å²) < 4.78 is 3.34. The summed E-state index contributed by atoms with van der Waals surface area (Å²) in [4.78, 5) is 7.07. The van der Waals surface area contributed by atoms with E-state index in [2.05, 4.69) is 55.6 Å². The third-order valence-electron chi connectivity index (χ3n) is 3.97. The summed E-state index contributed by atoms with van der Waals surface area (Å²) in [7, 11) is 2.20. The molecule has 0 spiro atoms. The zero-order valence-electron chi connectivity index (χ0n) is 10.9. The van der Waals surface area contributed by atoms with Crippen LogP contribution in [0.1, 0.15) is 18.7 Å². The molecule has 0 saturated carbocycles. The van der Waals surface area contributed by atoms with Gasteiger partial charge in [-0.1, -0.05) is 15.9 Å². The van der Waals surface area contributed by atoms with Gasteiger partial charge in [-0.15, -0.1) is 11.6 Å². The van der Waals surface area contributed by atoms with Crippen LogP contribution in [0.3, 0.4) is 0 Å². The molecule has 1 unspecified atom stereocenters. The summed E-state index contributed by atoms with van der Waals surface area (Å²) in [6.07, 6.45) is 2.55. The van der Waals surface area contributed by atoms with Crippen LogP contribution in [0.15, 0.2) is 22.7 Å². The number of rotatable bonds is 3. The molecule has 3 nitrogen and oxygen atoms in total. The van der Waals surface area contributed by atoms with E-state index >= 15 is 0 Å². The first-order valence-electron chi connectivity index (χ1n) is 6.60. The van der Waals surface area contributed by atoms with Gasteiger partial charge in [0.05, 0.1) is 16.9 Å². The molecular formula is C14H17BrClN3. The van der Waals surface area contributed by atoms with Gasteiger partial charge in [-0.3, -0.25) is 0 Å². The number of likely N-dealkylation sites (N-methyl/N-ethyl adjacent to an activating group) is 1. The molecule has 0 bridgehead atoms. The van der Waals surface area contributed by atoms with Gasteiger partial charge in [0.1, 0.15) is 5.82 Å². The lowest BCUT2D eigenvalue weighted by atomic mass is 10.2. The molecule has 1 atom stereocenters. The Balaban J connectivity index is 2.00. The minimum atomic E-state index is 0.461. The molecule has 19 heavy (non-hydrogen) atoms. The summed E-state index contributed by atoms with van der Waals surface area (Å²) in [6, 6.07) is 6.84. The van der Waals surface area contributed by atoms with Crippen molar-refractivity contribution in [3.63, 3.8) is 0 Å². The Morgan fingerprint density at radius 1 is 1.47 bits per heavy atom. The van der Waals surface area contributed by atoms with E-state index in [4.69, 9.17) is 11.6 Å². The fourth-order valence-electron chi connectivity index (χ4n) is 2.88. The quantitative estimate of drug-likeness (QED) is 0.794. The van der Waals surface area contributed by atoms with Gasteiger partial charge in [0.15, 0.2) is 0 Å². The van der Waals surface area contributed by atoms with Crippen LogP contribution in [0.4, 0.5) is 0 Å². The number of fused-ring (bicyclic) bond motifs is 1. The highest BCUT2D eigenvalue weighted by molar-refractivity contribution is 9.10. The lowest BCUT2D eigenvalue weighted by Gasteiger charge is -2.21. The Kier molecular flexibility index (Phi) is 3.83. The Morgan fingerprint density at radius 2 is 2.32 bits per heavy atom. The molecule has 102 valence electrons. The molecular weight excluding hydrogens is 326 g/mol. The number of aromatic nitrogens is 2. The molecule has 1 saturated heterocycles. The van der Waals surface area contributed by atoms with Crippen molar-refractivity contribution in [2.24, 2.45) is 0 Å². The summed E-state index contributed by atoms with van der Waals surface area (Å²) in [5.74, 6) is 1.43. The molecule has 2 aromatic rings. The SMILES string of the molecule is CN1CCCC1Cn1c(CCl)nc2cc(Br)ccc21. The van der Waals surface area contributed by atoms with Gasteiger partial charge in [0.25, 0.3) is 0 Å². The van der Waals surface area contributed by atoms with E-state index in [-0.39, 0.29) is 0 Å². The molecule has 1 aromatic carbocycles. The molecule has 0 radical (unpaired) electrons. The first-order valence-corrected chi connectivity index (χ1v) is 7.92. The number of imidazole rings is 1. The number of benzene rings is 1. The van der Waals surface area contributed by atoms with Crippen molar-refractivity contribution < 1.29 is 0 Å². The van der Waals surface area contributed by atoms with Gasteiger partial charge in [0.2, 0.25) is 0 Å². The van der Waals surface area contributed by atoms with Gasteiger partial charge in [0, 0.05) is 17.1 Å². The maximum atomic E-state index is 6.06. The van der Waals surface area contributed by atoms with Crippen LogP contribution in [0, 0.1) is 0 Å². The zero-order valence-corrected chi connectivity index (χ0v) is 13.3. The molecule has 2 heterocycles. The minimum absolute atomic E-state index is 0.461. The second-order valence-corrected chi connectivity index (χ2v) is 6.36. The van der Waals surface area contributed by atoms with Crippen molar-refractivity contribution in [1.82, 2.24) is 14.5 Å². The molecule has 0 amide bonds. The first-order chi connectivity index (χ1) is 9.19. The number of likely N-dealkylation sites (tertiary alicyclic amines) is 1. The average Bonchev–Trinajstić information content (AvgIpc) is 2.94. The molecule has 0 N–H and O–H groups in total. The van der Waals surface area contributed by atoms with Crippen LogP contribution < -0.4 is 0 Å². The Hall–Kier alpha value is -0.580. The van der Waals surface area contributed by atoms with Crippen LogP contribution in [-0.2, 0) is 12.4 Å². The molecule has 1 fully saturated rings. The van der Waals surface area contributed by atoms with Gasteiger partial charge in [-0.2, -0.15) is 0 Å². The summed E-state index contributed by atoms with van der Waals surface area (Å²) >= 11 is 9.55. The highest BCUT2D eigenvalue weighted by Crippen LogP contribution is 2.24. The molecule has 1 aromatic heterocycles. The fourth-order valence-corrected chi connectivity index (χ4v) is 3.43. The van der Waals surface area contributed by atoms with E-state index < -0.39 is 0 Å². The first kappa shape index (κ1) is 13.4. The second-order valence-electron chi connectivity index (χ2n) is 5.18. The van der Waals surface area contributed by atoms with Crippen molar-refractivity contribution in [2.45, 2.75) is 31.3 Å². The Morgan fingerprint density at radius 3 is 3.00 bits per heavy atom. The lowest BCUT2D eigenvalue weighted by molar-refractivity contribution is 0.282. The van der Waals surface area contributed by atoms with Crippen LogP contribution in [0.5, 0.6) is 0 Å². The van der Waals surface area contributed by atoms with Crippen LogP contribution in [-0.4, -0.2) is 34.1 Å². The molecule has 0 aliphatic carbocycles. The van der Waals surface area contributed by atoms with Crippen molar-refractivity contribution >= 4 is 38.6 Å². The molecule has 3 rings (SSSR count). The van der Waals surface area contributed by atoms with Crippen molar-refractivity contribution in [3.05, 3.63) is 28.5 Å². The van der Waals surface area contributed by atoms with E-state index in [9.17, 15) is 0 Å². The van der Waals surface area contributed by atoms with E-state index in [0.29, 0.717) is 11.9 Å².